The van der Waals surface area contributed by atoms with Crippen LogP contribution in [0.2, 0.25) is 0 Å². The van der Waals surface area contributed by atoms with Gasteiger partial charge in [0.15, 0.2) is 0 Å². The second kappa shape index (κ2) is 6.00. The van der Waals surface area contributed by atoms with Gasteiger partial charge in [0.25, 0.3) is 0 Å². The van der Waals surface area contributed by atoms with Gasteiger partial charge in [-0.1, -0.05) is 12.2 Å². The first-order chi connectivity index (χ1) is 8.42. The summed E-state index contributed by atoms with van der Waals surface area (Å²) in [7, 11) is 0.693. The Bertz CT molecular complexity index is 418. The van der Waals surface area contributed by atoms with E-state index in [1.165, 1.54) is 0 Å². The van der Waals surface area contributed by atoms with Gasteiger partial charge in [-0.25, -0.2) is 8.78 Å². The summed E-state index contributed by atoms with van der Waals surface area (Å²) in [5.41, 5.74) is -1.02. The van der Waals surface area contributed by atoms with Crippen molar-refractivity contribution < 1.29 is 22.3 Å². The van der Waals surface area contributed by atoms with E-state index in [2.05, 4.69) is 4.74 Å². The highest BCUT2D eigenvalue weighted by atomic mass is 19.3. The zero-order valence-electron chi connectivity index (χ0n) is 10.1. The van der Waals surface area contributed by atoms with Gasteiger partial charge < -0.3 is 4.74 Å². The van der Waals surface area contributed by atoms with E-state index in [4.69, 9.17) is 0 Å². The number of methoxy groups -OCH3 is 1. The second-order valence-electron chi connectivity index (χ2n) is 3.76. The Hall–Kier alpha value is -1.36. The minimum Gasteiger partial charge on any atom is -0.320 e. The molecule has 0 bridgehead atoms. The summed E-state index contributed by atoms with van der Waals surface area (Å²) >= 11 is 0. The maximum atomic E-state index is 13.5. The van der Waals surface area contributed by atoms with Crippen LogP contribution < -0.4 is 0 Å². The Morgan fingerprint density at radius 2 is 1.78 bits per heavy atom. The molecule has 100 valence electrons. The predicted octanol–water partition coefficient (Wildman–Crippen LogP) is 4.17. The van der Waals surface area contributed by atoms with E-state index in [0.29, 0.717) is 25.5 Å². The molecule has 0 saturated heterocycles. The van der Waals surface area contributed by atoms with Crippen LogP contribution in [0.15, 0.2) is 24.3 Å². The minimum absolute atomic E-state index is 0.332. The molecule has 1 nitrogen and oxygen atoms in total. The largest absolute Gasteiger partial charge is 0.388 e. The fourth-order valence-corrected chi connectivity index (χ4v) is 1.57. The van der Waals surface area contributed by atoms with Crippen molar-refractivity contribution in [1.29, 1.82) is 0 Å². The molecule has 0 aromatic heterocycles. The number of halogens is 4. The molecule has 0 N–H and O–H groups in total. The van der Waals surface area contributed by atoms with Crippen molar-refractivity contribution in [2.75, 3.05) is 7.11 Å². The Morgan fingerprint density at radius 3 is 2.22 bits per heavy atom. The summed E-state index contributed by atoms with van der Waals surface area (Å²) in [5, 5.41) is 0. The average molecular weight is 262 g/mol. The maximum Gasteiger partial charge on any atom is 0.388 e. The quantitative estimate of drug-likeness (QED) is 0.571. The number of ether oxygens (including phenoxy) is 1. The lowest BCUT2D eigenvalue weighted by Gasteiger charge is -2.16. The molecule has 0 amide bonds. The van der Waals surface area contributed by atoms with Gasteiger partial charge in [0.2, 0.25) is 0 Å². The van der Waals surface area contributed by atoms with E-state index in [1.807, 2.05) is 13.0 Å². The number of allylic oxidation sites excluding steroid dienone is 2. The van der Waals surface area contributed by atoms with E-state index >= 15 is 0 Å². The normalized spacial score (nSPS) is 12.3. The van der Waals surface area contributed by atoms with Crippen LogP contribution in [0.5, 0.6) is 0 Å². The highest BCUT2D eigenvalue weighted by Crippen LogP contribution is 2.33. The van der Waals surface area contributed by atoms with E-state index in [0.717, 1.165) is 12.1 Å². The lowest BCUT2D eigenvalue weighted by atomic mass is 10.1. The van der Waals surface area contributed by atoms with Crippen LogP contribution in [-0.2, 0) is 17.3 Å². The fraction of sp³-hybridized carbons (Fsp3) is 0.385. The van der Waals surface area contributed by atoms with E-state index < -0.39 is 23.3 Å². The third-order valence-electron chi connectivity index (χ3n) is 2.48. The first-order valence-corrected chi connectivity index (χ1v) is 5.45. The average Bonchev–Trinajstić information content (AvgIpc) is 2.28. The Kier molecular flexibility index (Phi) is 4.90. The lowest BCUT2D eigenvalue weighted by molar-refractivity contribution is -0.235. The van der Waals surface area contributed by atoms with Gasteiger partial charge in [0.1, 0.15) is 17.2 Å². The van der Waals surface area contributed by atoms with E-state index in [-0.39, 0.29) is 0 Å². The Morgan fingerprint density at radius 1 is 1.22 bits per heavy atom. The summed E-state index contributed by atoms with van der Waals surface area (Å²) in [4.78, 5) is 0. The topological polar surface area (TPSA) is 9.23 Å². The molecule has 0 aliphatic rings. The summed E-state index contributed by atoms with van der Waals surface area (Å²) in [5.74, 6) is -2.59. The van der Waals surface area contributed by atoms with Gasteiger partial charge in [-0.05, 0) is 37.5 Å². The van der Waals surface area contributed by atoms with Crippen molar-refractivity contribution in [2.24, 2.45) is 0 Å². The molecule has 0 aliphatic heterocycles. The number of hydrogen-bond donors (Lipinski definition) is 0. The number of benzene rings is 1. The molecule has 0 radical (unpaired) electrons. The third-order valence-corrected chi connectivity index (χ3v) is 2.48. The summed E-state index contributed by atoms with van der Waals surface area (Å²) < 4.78 is 57.0. The first-order valence-electron chi connectivity index (χ1n) is 5.45. The number of rotatable bonds is 5. The second-order valence-corrected chi connectivity index (χ2v) is 3.76. The summed E-state index contributed by atoms with van der Waals surface area (Å²) in [6.45, 7) is 1.82. The first kappa shape index (κ1) is 14.7. The van der Waals surface area contributed by atoms with Gasteiger partial charge in [-0.3, -0.25) is 0 Å². The molecular weight excluding hydrogens is 248 g/mol. The van der Waals surface area contributed by atoms with Gasteiger partial charge in [0, 0.05) is 7.11 Å². The Labute approximate surface area is 103 Å². The van der Waals surface area contributed by atoms with Crippen LogP contribution in [0.25, 0.3) is 0 Å². The molecular formula is C13H14F4O. The van der Waals surface area contributed by atoms with Crippen molar-refractivity contribution in [3.05, 3.63) is 47.0 Å². The molecule has 0 spiro atoms. The van der Waals surface area contributed by atoms with Crippen LogP contribution in [-0.4, -0.2) is 7.11 Å². The van der Waals surface area contributed by atoms with Crippen molar-refractivity contribution in [3.8, 4) is 0 Å². The molecule has 0 fully saturated rings. The van der Waals surface area contributed by atoms with Crippen molar-refractivity contribution >= 4 is 0 Å². The van der Waals surface area contributed by atoms with E-state index in [1.54, 1.807) is 6.08 Å². The highest BCUT2D eigenvalue weighted by Gasteiger charge is 2.38. The van der Waals surface area contributed by atoms with Crippen molar-refractivity contribution in [1.82, 2.24) is 0 Å². The monoisotopic (exact) mass is 262 g/mol. The summed E-state index contributed by atoms with van der Waals surface area (Å²) in [6, 6.07) is 1.82. The zero-order valence-corrected chi connectivity index (χ0v) is 10.1. The number of aryl methyl sites for hydroxylation is 1. The third kappa shape index (κ3) is 3.32. The smallest absolute Gasteiger partial charge is 0.320 e. The van der Waals surface area contributed by atoms with Crippen molar-refractivity contribution in [3.63, 3.8) is 0 Å². The van der Waals surface area contributed by atoms with Gasteiger partial charge >= 0.3 is 6.11 Å². The lowest BCUT2D eigenvalue weighted by Crippen LogP contribution is -2.20. The van der Waals surface area contributed by atoms with Gasteiger partial charge in [-0.2, -0.15) is 8.78 Å². The van der Waals surface area contributed by atoms with Crippen molar-refractivity contribution in [2.45, 2.75) is 25.9 Å². The molecule has 0 aliphatic carbocycles. The molecule has 1 rings (SSSR count). The van der Waals surface area contributed by atoms with Crippen LogP contribution >= 0.6 is 0 Å². The molecule has 0 saturated carbocycles. The highest BCUT2D eigenvalue weighted by molar-refractivity contribution is 5.28. The van der Waals surface area contributed by atoms with Gasteiger partial charge in [-0.15, -0.1) is 0 Å². The molecule has 1 aromatic rings. The Balaban J connectivity index is 3.05. The van der Waals surface area contributed by atoms with Crippen LogP contribution in [0.1, 0.15) is 24.5 Å². The molecule has 18 heavy (non-hydrogen) atoms. The molecule has 0 unspecified atom stereocenters. The maximum absolute atomic E-state index is 13.5. The predicted molar refractivity (Wildman–Crippen MR) is 60.4 cm³/mol. The SMILES string of the molecule is C/C=C/CCc1cc(F)c(C(F)(F)OC)c(F)c1. The standard InChI is InChI=1S/C13H14F4O/c1-3-4-5-6-9-7-10(14)12(11(15)8-9)13(16,17)18-2/h3-4,7-8H,5-6H2,1-2H3/b4-3+. The number of hydrogen-bond acceptors (Lipinski definition) is 1. The molecule has 0 atom stereocenters. The number of alkyl halides is 2. The van der Waals surface area contributed by atoms with Crippen LogP contribution in [0.4, 0.5) is 17.6 Å². The minimum atomic E-state index is -3.96. The molecule has 1 aromatic carbocycles. The fourth-order valence-electron chi connectivity index (χ4n) is 1.57. The van der Waals surface area contributed by atoms with Crippen LogP contribution in [0.3, 0.4) is 0 Å². The molecule has 0 heterocycles. The zero-order chi connectivity index (χ0) is 13.8. The summed E-state index contributed by atoms with van der Waals surface area (Å²) in [6.07, 6.45) is 0.649. The molecule has 5 heteroatoms. The van der Waals surface area contributed by atoms with E-state index in [9.17, 15) is 17.6 Å². The van der Waals surface area contributed by atoms with Gasteiger partial charge in [0.05, 0.1) is 0 Å². The van der Waals surface area contributed by atoms with Crippen LogP contribution in [0, 0.1) is 11.6 Å².